The SMILES string of the molecule is COc1ccccc1N=C1S/C(=C/c2ccccc2)C(=O)N1c1ccc(-c2ccc(N3C(=O)/C(=C\c4ccccc4)SC3=Nc3ccccc3OC)c(C)c2)cc1C. The Hall–Kier alpha value is -6.62. The maximum atomic E-state index is 14.2. The third-order valence-electron chi connectivity index (χ3n) is 9.62. The predicted molar refractivity (Wildman–Crippen MR) is 241 cm³/mol. The van der Waals surface area contributed by atoms with Crippen LogP contribution in [0.2, 0.25) is 0 Å². The molecule has 0 bridgehead atoms. The van der Waals surface area contributed by atoms with E-state index >= 15 is 0 Å². The highest BCUT2D eigenvalue weighted by Crippen LogP contribution is 2.43. The van der Waals surface area contributed by atoms with Crippen LogP contribution in [-0.4, -0.2) is 36.4 Å². The van der Waals surface area contributed by atoms with Gasteiger partial charge in [-0.2, -0.15) is 0 Å². The largest absolute Gasteiger partial charge is 0.494 e. The first-order valence-corrected chi connectivity index (χ1v) is 20.2. The highest BCUT2D eigenvalue weighted by molar-refractivity contribution is 8.19. The fourth-order valence-corrected chi connectivity index (χ4v) is 8.72. The van der Waals surface area contributed by atoms with Crippen LogP contribution in [0.1, 0.15) is 22.3 Å². The fourth-order valence-electron chi connectivity index (χ4n) is 6.75. The van der Waals surface area contributed by atoms with Crippen molar-refractivity contribution < 1.29 is 19.1 Å². The number of benzene rings is 6. The van der Waals surface area contributed by atoms with Gasteiger partial charge in [0, 0.05) is 0 Å². The Morgan fingerprint density at radius 2 is 0.879 bits per heavy atom. The first kappa shape index (κ1) is 38.3. The second-order valence-electron chi connectivity index (χ2n) is 13.5. The Morgan fingerprint density at radius 3 is 1.26 bits per heavy atom. The Labute approximate surface area is 346 Å². The van der Waals surface area contributed by atoms with Crippen molar-refractivity contribution in [1.82, 2.24) is 0 Å². The number of hydrogen-bond donors (Lipinski definition) is 0. The Balaban J connectivity index is 1.14. The van der Waals surface area contributed by atoms with Crippen LogP contribution in [0.25, 0.3) is 23.3 Å². The molecule has 0 saturated carbocycles. The van der Waals surface area contributed by atoms with Gasteiger partial charge in [-0.15, -0.1) is 0 Å². The van der Waals surface area contributed by atoms with E-state index in [-0.39, 0.29) is 11.8 Å². The summed E-state index contributed by atoms with van der Waals surface area (Å²) >= 11 is 2.67. The topological polar surface area (TPSA) is 83.8 Å². The summed E-state index contributed by atoms with van der Waals surface area (Å²) in [5.41, 5.74) is 8.31. The third-order valence-corrected chi connectivity index (χ3v) is 11.6. The van der Waals surface area contributed by atoms with E-state index in [0.717, 1.165) is 44.8 Å². The van der Waals surface area contributed by atoms with Crippen molar-refractivity contribution in [2.24, 2.45) is 9.98 Å². The average molecular weight is 799 g/mol. The van der Waals surface area contributed by atoms with Gasteiger partial charge in [0.15, 0.2) is 10.3 Å². The van der Waals surface area contributed by atoms with Crippen LogP contribution >= 0.6 is 23.5 Å². The lowest BCUT2D eigenvalue weighted by molar-refractivity contribution is -0.114. The molecule has 2 amide bonds. The quantitative estimate of drug-likeness (QED) is 0.135. The highest BCUT2D eigenvalue weighted by Gasteiger charge is 2.37. The monoisotopic (exact) mass is 798 g/mol. The van der Waals surface area contributed by atoms with Crippen LogP contribution < -0.4 is 19.3 Å². The minimum absolute atomic E-state index is 0.155. The molecule has 6 aromatic rings. The van der Waals surface area contributed by atoms with E-state index in [0.29, 0.717) is 43.0 Å². The van der Waals surface area contributed by atoms with Crippen molar-refractivity contribution in [2.45, 2.75) is 13.8 Å². The smallest absolute Gasteiger partial charge is 0.271 e. The van der Waals surface area contributed by atoms with E-state index in [1.54, 1.807) is 24.0 Å². The van der Waals surface area contributed by atoms with E-state index in [9.17, 15) is 9.59 Å². The highest BCUT2D eigenvalue weighted by atomic mass is 32.2. The van der Waals surface area contributed by atoms with Gasteiger partial charge in [-0.1, -0.05) is 97.1 Å². The van der Waals surface area contributed by atoms with E-state index in [1.807, 2.05) is 159 Å². The number of hydrogen-bond acceptors (Lipinski definition) is 8. The standard InChI is InChI=1S/C48H38N4O4S2/c1-31-27-35(23-25-39(31)51-45(53)43(29-33-15-7-5-8-16-33)57-47(51)49-37-19-11-13-21-41(37)55-3)36-24-26-40(32(2)28-36)52-46(54)44(30-34-17-9-6-10-18-34)58-48(52)50-38-20-12-14-22-42(38)56-4/h5-30H,1-4H3/b43-29+,44-30+,49-47?,50-48?. The van der Waals surface area contributed by atoms with E-state index < -0.39 is 0 Å². The lowest BCUT2D eigenvalue weighted by Gasteiger charge is -2.21. The number of carbonyl (C=O) groups is 2. The molecule has 8 nitrogen and oxygen atoms in total. The third kappa shape index (κ3) is 7.84. The molecule has 2 aliphatic heterocycles. The van der Waals surface area contributed by atoms with E-state index in [2.05, 4.69) is 12.1 Å². The zero-order chi connectivity index (χ0) is 40.2. The molecule has 0 aliphatic carbocycles. The van der Waals surface area contributed by atoms with Crippen molar-refractivity contribution in [3.63, 3.8) is 0 Å². The maximum Gasteiger partial charge on any atom is 0.271 e. The molecule has 10 heteroatoms. The van der Waals surface area contributed by atoms with Gasteiger partial charge in [-0.05, 0) is 131 Å². The Kier molecular flexibility index (Phi) is 11.1. The summed E-state index contributed by atoms with van der Waals surface area (Å²) in [6.07, 6.45) is 3.80. The number of aliphatic imine (C=N–C) groups is 2. The summed E-state index contributed by atoms with van der Waals surface area (Å²) in [6.45, 7) is 4.00. The van der Waals surface area contributed by atoms with Crippen LogP contribution in [-0.2, 0) is 9.59 Å². The summed E-state index contributed by atoms with van der Waals surface area (Å²) in [6, 6.07) is 46.7. The van der Waals surface area contributed by atoms with Crippen LogP contribution in [0, 0.1) is 13.8 Å². The summed E-state index contributed by atoms with van der Waals surface area (Å²) in [4.78, 5) is 42.8. The van der Waals surface area contributed by atoms with Crippen molar-refractivity contribution in [2.75, 3.05) is 24.0 Å². The predicted octanol–water partition coefficient (Wildman–Crippen LogP) is 11.6. The molecule has 6 aromatic carbocycles. The lowest BCUT2D eigenvalue weighted by Crippen LogP contribution is -2.29. The van der Waals surface area contributed by atoms with Gasteiger partial charge in [0.1, 0.15) is 22.9 Å². The molecule has 2 fully saturated rings. The average Bonchev–Trinajstić information content (AvgIpc) is 3.71. The zero-order valence-electron chi connectivity index (χ0n) is 32.2. The number of amidine groups is 2. The molecule has 58 heavy (non-hydrogen) atoms. The van der Waals surface area contributed by atoms with Crippen LogP contribution in [0.4, 0.5) is 22.7 Å². The molecule has 0 radical (unpaired) electrons. The molecule has 0 atom stereocenters. The number of ether oxygens (including phenoxy) is 2. The number of carbonyl (C=O) groups excluding carboxylic acids is 2. The summed E-state index contributed by atoms with van der Waals surface area (Å²) < 4.78 is 11.2. The number of para-hydroxylation sites is 4. The number of aryl methyl sites for hydroxylation is 2. The van der Waals surface area contributed by atoms with Gasteiger partial charge in [0.05, 0.1) is 35.4 Å². The number of anilines is 2. The van der Waals surface area contributed by atoms with Gasteiger partial charge < -0.3 is 9.47 Å². The van der Waals surface area contributed by atoms with Crippen molar-refractivity contribution in [3.05, 3.63) is 178 Å². The minimum Gasteiger partial charge on any atom is -0.494 e. The van der Waals surface area contributed by atoms with Gasteiger partial charge in [0.25, 0.3) is 11.8 Å². The lowest BCUT2D eigenvalue weighted by atomic mass is 9.99. The number of rotatable bonds is 9. The number of thioether (sulfide) groups is 2. The molecule has 2 saturated heterocycles. The summed E-state index contributed by atoms with van der Waals surface area (Å²) in [5, 5.41) is 1.07. The molecule has 0 spiro atoms. The molecule has 286 valence electrons. The second-order valence-corrected chi connectivity index (χ2v) is 15.5. The molecule has 0 unspecified atom stereocenters. The van der Waals surface area contributed by atoms with Gasteiger partial charge in [0.2, 0.25) is 0 Å². The van der Waals surface area contributed by atoms with Gasteiger partial charge in [-0.25, -0.2) is 9.98 Å². The minimum atomic E-state index is -0.155. The molecule has 2 heterocycles. The normalized spacial score (nSPS) is 17.0. The molecular weight excluding hydrogens is 761 g/mol. The van der Waals surface area contributed by atoms with Crippen LogP contribution in [0.3, 0.4) is 0 Å². The Bertz CT molecular complexity index is 2490. The first-order chi connectivity index (χ1) is 28.3. The van der Waals surface area contributed by atoms with Crippen molar-refractivity contribution in [3.8, 4) is 22.6 Å². The fraction of sp³-hybridized carbons (Fsp3) is 0.0833. The molecule has 2 aliphatic rings. The van der Waals surface area contributed by atoms with Crippen LogP contribution in [0.15, 0.2) is 165 Å². The summed E-state index contributed by atoms with van der Waals surface area (Å²) in [7, 11) is 3.22. The second kappa shape index (κ2) is 16.9. The number of amides is 2. The van der Waals surface area contributed by atoms with Gasteiger partial charge in [-0.3, -0.25) is 19.4 Å². The van der Waals surface area contributed by atoms with Crippen molar-refractivity contribution >= 4 is 80.6 Å². The molecule has 0 N–H and O–H groups in total. The molecule has 0 aromatic heterocycles. The molecular formula is C48H38N4O4S2. The Morgan fingerprint density at radius 1 is 0.500 bits per heavy atom. The summed E-state index contributed by atoms with van der Waals surface area (Å²) in [5.74, 6) is 0.923. The van der Waals surface area contributed by atoms with E-state index in [1.165, 1.54) is 23.5 Å². The maximum absolute atomic E-state index is 14.2. The van der Waals surface area contributed by atoms with Crippen LogP contribution in [0.5, 0.6) is 11.5 Å². The van der Waals surface area contributed by atoms with E-state index in [4.69, 9.17) is 19.5 Å². The number of nitrogens with zero attached hydrogens (tertiary/aromatic N) is 4. The zero-order valence-corrected chi connectivity index (χ0v) is 33.9. The first-order valence-electron chi connectivity index (χ1n) is 18.5. The van der Waals surface area contributed by atoms with Gasteiger partial charge >= 0.3 is 0 Å². The number of methoxy groups -OCH3 is 2. The van der Waals surface area contributed by atoms with Crippen molar-refractivity contribution in [1.29, 1.82) is 0 Å². The molecule has 8 rings (SSSR count).